The molecule has 2 N–H and O–H groups in total. The standard InChI is InChI=1S/C23H27N3O3/c1-13(2)12-26-21(27)18-10-9-16(11-19(18)22(26)28)24-23(29)25-20-15(5)7-6-8-17(20)14(3)4/h6-11,13-14H,12H2,1-5H3,(H2,24,25,29). The summed E-state index contributed by atoms with van der Waals surface area (Å²) in [4.78, 5) is 38.9. The van der Waals surface area contributed by atoms with Crippen molar-refractivity contribution in [1.82, 2.24) is 4.90 Å². The van der Waals surface area contributed by atoms with Gasteiger partial charge in [0.25, 0.3) is 11.8 Å². The summed E-state index contributed by atoms with van der Waals surface area (Å²) in [5.74, 6) is -0.148. The largest absolute Gasteiger partial charge is 0.323 e. The normalized spacial score (nSPS) is 13.3. The minimum Gasteiger partial charge on any atom is -0.308 e. The average molecular weight is 393 g/mol. The van der Waals surface area contributed by atoms with E-state index in [-0.39, 0.29) is 23.7 Å². The fourth-order valence-corrected chi connectivity index (χ4v) is 3.52. The lowest BCUT2D eigenvalue weighted by Crippen LogP contribution is -2.33. The van der Waals surface area contributed by atoms with Crippen LogP contribution in [0.1, 0.15) is 65.5 Å². The van der Waals surface area contributed by atoms with Gasteiger partial charge in [0.1, 0.15) is 0 Å². The Labute approximate surface area is 171 Å². The molecule has 2 aromatic rings. The van der Waals surface area contributed by atoms with Crippen LogP contribution in [0.5, 0.6) is 0 Å². The Morgan fingerprint density at radius 2 is 1.66 bits per heavy atom. The Hall–Kier alpha value is -3.15. The third-order valence-corrected chi connectivity index (χ3v) is 4.94. The number of anilines is 2. The molecule has 6 heteroatoms. The number of hydrogen-bond acceptors (Lipinski definition) is 3. The minimum absolute atomic E-state index is 0.185. The SMILES string of the molecule is Cc1cccc(C(C)C)c1NC(=O)Nc1ccc2c(c1)C(=O)N(CC(C)C)C2=O. The maximum absolute atomic E-state index is 12.6. The molecule has 152 valence electrons. The van der Waals surface area contributed by atoms with E-state index in [9.17, 15) is 14.4 Å². The predicted octanol–water partition coefficient (Wildman–Crippen LogP) is 5.01. The second-order valence-electron chi connectivity index (χ2n) is 8.15. The molecule has 0 aliphatic carbocycles. The first-order valence-electron chi connectivity index (χ1n) is 9.86. The highest BCUT2D eigenvalue weighted by atomic mass is 16.2. The van der Waals surface area contributed by atoms with Gasteiger partial charge in [-0.05, 0) is 48.1 Å². The third-order valence-electron chi connectivity index (χ3n) is 4.94. The molecule has 1 aliphatic rings. The quantitative estimate of drug-likeness (QED) is 0.701. The molecule has 1 heterocycles. The van der Waals surface area contributed by atoms with Crippen LogP contribution in [0.4, 0.5) is 16.2 Å². The van der Waals surface area contributed by atoms with Gasteiger partial charge in [-0.2, -0.15) is 0 Å². The van der Waals surface area contributed by atoms with Crippen molar-refractivity contribution in [1.29, 1.82) is 0 Å². The number of nitrogens with zero attached hydrogens (tertiary/aromatic N) is 1. The molecule has 0 saturated heterocycles. The molecule has 0 atom stereocenters. The molecular formula is C23H27N3O3. The molecule has 3 rings (SSSR count). The molecule has 6 nitrogen and oxygen atoms in total. The number of hydrogen-bond donors (Lipinski definition) is 2. The van der Waals surface area contributed by atoms with Crippen molar-refractivity contribution in [2.75, 3.05) is 17.2 Å². The van der Waals surface area contributed by atoms with E-state index in [4.69, 9.17) is 0 Å². The second-order valence-corrected chi connectivity index (χ2v) is 8.15. The van der Waals surface area contributed by atoms with Crippen LogP contribution in [0.15, 0.2) is 36.4 Å². The van der Waals surface area contributed by atoms with Crippen LogP contribution in [-0.2, 0) is 0 Å². The molecule has 0 aromatic heterocycles. The van der Waals surface area contributed by atoms with Crippen LogP contribution in [0.3, 0.4) is 0 Å². The van der Waals surface area contributed by atoms with Crippen LogP contribution < -0.4 is 10.6 Å². The Balaban J connectivity index is 1.79. The number of imide groups is 1. The molecule has 0 unspecified atom stereocenters. The molecule has 0 bridgehead atoms. The Kier molecular flexibility index (Phi) is 5.73. The van der Waals surface area contributed by atoms with E-state index in [1.807, 2.05) is 39.0 Å². The van der Waals surface area contributed by atoms with E-state index in [0.29, 0.717) is 23.4 Å². The predicted molar refractivity (Wildman–Crippen MR) is 115 cm³/mol. The lowest BCUT2D eigenvalue weighted by Gasteiger charge is -2.17. The van der Waals surface area contributed by atoms with Gasteiger partial charge < -0.3 is 10.6 Å². The number of fused-ring (bicyclic) bond motifs is 1. The van der Waals surface area contributed by atoms with Gasteiger partial charge in [-0.1, -0.05) is 45.9 Å². The topological polar surface area (TPSA) is 78.5 Å². The zero-order chi connectivity index (χ0) is 21.3. The summed E-state index contributed by atoms with van der Waals surface area (Å²) in [7, 11) is 0. The monoisotopic (exact) mass is 393 g/mol. The molecule has 4 amide bonds. The smallest absolute Gasteiger partial charge is 0.308 e. The van der Waals surface area contributed by atoms with Gasteiger partial charge in [0.05, 0.1) is 11.1 Å². The summed E-state index contributed by atoms with van der Waals surface area (Å²) in [6.45, 7) is 10.4. The van der Waals surface area contributed by atoms with Crippen LogP contribution in [0, 0.1) is 12.8 Å². The highest BCUT2D eigenvalue weighted by molar-refractivity contribution is 6.22. The van der Waals surface area contributed by atoms with Crippen molar-refractivity contribution >= 4 is 29.2 Å². The van der Waals surface area contributed by atoms with Crippen LogP contribution >= 0.6 is 0 Å². The number of para-hydroxylation sites is 1. The first-order chi connectivity index (χ1) is 13.7. The van der Waals surface area contributed by atoms with Gasteiger partial charge >= 0.3 is 6.03 Å². The van der Waals surface area contributed by atoms with Gasteiger partial charge in [0, 0.05) is 17.9 Å². The Morgan fingerprint density at radius 3 is 2.31 bits per heavy atom. The van der Waals surface area contributed by atoms with E-state index in [1.165, 1.54) is 4.90 Å². The second kappa shape index (κ2) is 8.07. The maximum Gasteiger partial charge on any atom is 0.323 e. The van der Waals surface area contributed by atoms with Crippen molar-refractivity contribution in [2.45, 2.75) is 40.5 Å². The minimum atomic E-state index is -0.392. The molecular weight excluding hydrogens is 366 g/mol. The van der Waals surface area contributed by atoms with E-state index in [2.05, 4.69) is 24.5 Å². The van der Waals surface area contributed by atoms with E-state index in [1.54, 1.807) is 18.2 Å². The van der Waals surface area contributed by atoms with Gasteiger partial charge in [0.2, 0.25) is 0 Å². The molecule has 1 aliphatic heterocycles. The van der Waals surface area contributed by atoms with E-state index < -0.39 is 6.03 Å². The van der Waals surface area contributed by atoms with E-state index in [0.717, 1.165) is 16.8 Å². The van der Waals surface area contributed by atoms with Gasteiger partial charge in [-0.15, -0.1) is 0 Å². The highest BCUT2D eigenvalue weighted by Crippen LogP contribution is 2.29. The lowest BCUT2D eigenvalue weighted by atomic mass is 9.98. The lowest BCUT2D eigenvalue weighted by molar-refractivity contribution is 0.0636. The summed E-state index contributed by atoms with van der Waals surface area (Å²) < 4.78 is 0. The molecule has 0 fully saturated rings. The fraction of sp³-hybridized carbons (Fsp3) is 0.348. The molecule has 0 spiro atoms. The zero-order valence-corrected chi connectivity index (χ0v) is 17.5. The molecule has 0 saturated carbocycles. The number of benzene rings is 2. The van der Waals surface area contributed by atoms with Crippen molar-refractivity contribution in [2.24, 2.45) is 5.92 Å². The Bertz CT molecular complexity index is 979. The number of aryl methyl sites for hydroxylation is 1. The number of carbonyl (C=O) groups is 3. The van der Waals surface area contributed by atoms with Crippen molar-refractivity contribution in [3.63, 3.8) is 0 Å². The summed E-state index contributed by atoms with van der Waals surface area (Å²) in [5, 5.41) is 5.69. The third kappa shape index (κ3) is 4.16. The van der Waals surface area contributed by atoms with Gasteiger partial charge in [-0.25, -0.2) is 4.79 Å². The fourth-order valence-electron chi connectivity index (χ4n) is 3.52. The Morgan fingerprint density at radius 1 is 0.966 bits per heavy atom. The van der Waals surface area contributed by atoms with Crippen LogP contribution in [0.2, 0.25) is 0 Å². The zero-order valence-electron chi connectivity index (χ0n) is 17.5. The number of amides is 4. The first-order valence-corrected chi connectivity index (χ1v) is 9.86. The molecule has 2 aromatic carbocycles. The number of urea groups is 1. The van der Waals surface area contributed by atoms with Crippen molar-refractivity contribution in [3.8, 4) is 0 Å². The van der Waals surface area contributed by atoms with Gasteiger partial charge in [0.15, 0.2) is 0 Å². The van der Waals surface area contributed by atoms with Crippen molar-refractivity contribution < 1.29 is 14.4 Å². The maximum atomic E-state index is 12.6. The van der Waals surface area contributed by atoms with E-state index >= 15 is 0 Å². The first kappa shape index (κ1) is 20.6. The highest BCUT2D eigenvalue weighted by Gasteiger charge is 2.35. The van der Waals surface area contributed by atoms with Crippen molar-refractivity contribution in [3.05, 3.63) is 58.7 Å². The molecule has 0 radical (unpaired) electrons. The van der Waals surface area contributed by atoms with Gasteiger partial charge in [-0.3, -0.25) is 14.5 Å². The average Bonchev–Trinajstić information content (AvgIpc) is 2.87. The number of carbonyl (C=O) groups excluding carboxylic acids is 3. The van der Waals surface area contributed by atoms with Crippen LogP contribution in [-0.4, -0.2) is 29.3 Å². The number of nitrogens with one attached hydrogen (secondary N) is 2. The summed E-state index contributed by atoms with van der Waals surface area (Å²) >= 11 is 0. The number of rotatable bonds is 5. The summed E-state index contributed by atoms with van der Waals surface area (Å²) in [5.41, 5.74) is 3.99. The summed E-state index contributed by atoms with van der Waals surface area (Å²) in [6, 6.07) is 10.3. The van der Waals surface area contributed by atoms with Crippen LogP contribution in [0.25, 0.3) is 0 Å². The molecule has 29 heavy (non-hydrogen) atoms. The summed E-state index contributed by atoms with van der Waals surface area (Å²) in [6.07, 6.45) is 0.